The fraction of sp³-hybridized carbons (Fsp3) is 0.917. The van der Waals surface area contributed by atoms with Gasteiger partial charge in [-0.3, -0.25) is 4.99 Å². The quantitative estimate of drug-likeness (QED) is 0.803. The summed E-state index contributed by atoms with van der Waals surface area (Å²) in [5.74, 6) is 2.63. The zero-order valence-corrected chi connectivity index (χ0v) is 11.4. The summed E-state index contributed by atoms with van der Waals surface area (Å²) in [6.45, 7) is 13.4. The van der Waals surface area contributed by atoms with Crippen molar-refractivity contribution in [1.29, 1.82) is 0 Å². The van der Waals surface area contributed by atoms with Gasteiger partial charge in [0.1, 0.15) is 0 Å². The first-order chi connectivity index (χ1) is 6.91. The predicted molar refractivity (Wildman–Crippen MR) is 70.5 cm³/mol. The summed E-state index contributed by atoms with van der Waals surface area (Å²) >= 11 is 1.86. The van der Waals surface area contributed by atoms with E-state index in [1.807, 2.05) is 11.8 Å². The van der Waals surface area contributed by atoms with Crippen molar-refractivity contribution in [2.45, 2.75) is 34.6 Å². The maximum atomic E-state index is 4.58. The summed E-state index contributed by atoms with van der Waals surface area (Å²) < 4.78 is 0. The first kappa shape index (κ1) is 12.9. The second-order valence-electron chi connectivity index (χ2n) is 5.68. The zero-order chi connectivity index (χ0) is 11.5. The van der Waals surface area contributed by atoms with Gasteiger partial charge < -0.3 is 5.32 Å². The molecule has 0 aromatic rings. The fourth-order valence-electron chi connectivity index (χ4n) is 1.23. The van der Waals surface area contributed by atoms with Crippen molar-refractivity contribution < 1.29 is 0 Å². The molecule has 0 radical (unpaired) electrons. The molecule has 0 aromatic carbocycles. The SMILES string of the molecule is CC(C)C(C)CNC1=NCC(C)(C)CS1. The van der Waals surface area contributed by atoms with E-state index in [2.05, 4.69) is 44.9 Å². The van der Waals surface area contributed by atoms with E-state index in [4.69, 9.17) is 0 Å². The standard InChI is InChI=1S/C12H24N2S/c1-9(2)10(3)6-13-11-14-7-12(4,5)8-15-11/h9-10H,6-8H2,1-5H3,(H,13,14). The van der Waals surface area contributed by atoms with Gasteiger partial charge in [0.05, 0.1) is 0 Å². The van der Waals surface area contributed by atoms with E-state index in [0.717, 1.165) is 24.2 Å². The van der Waals surface area contributed by atoms with E-state index in [0.29, 0.717) is 11.3 Å². The minimum Gasteiger partial charge on any atom is -0.365 e. The highest BCUT2D eigenvalue weighted by molar-refractivity contribution is 8.13. The van der Waals surface area contributed by atoms with E-state index in [1.165, 1.54) is 5.75 Å². The van der Waals surface area contributed by atoms with Gasteiger partial charge in [0, 0.05) is 18.8 Å². The largest absolute Gasteiger partial charge is 0.365 e. The molecule has 1 N–H and O–H groups in total. The molecule has 1 heterocycles. The first-order valence-corrected chi connectivity index (χ1v) is 6.80. The highest BCUT2D eigenvalue weighted by Crippen LogP contribution is 2.27. The molecular formula is C12H24N2S. The summed E-state index contributed by atoms with van der Waals surface area (Å²) in [5, 5.41) is 4.59. The van der Waals surface area contributed by atoms with Crippen LogP contribution in [0.25, 0.3) is 0 Å². The smallest absolute Gasteiger partial charge is 0.156 e. The Hall–Kier alpha value is -0.180. The van der Waals surface area contributed by atoms with Gasteiger partial charge in [-0.2, -0.15) is 0 Å². The number of hydrogen-bond donors (Lipinski definition) is 1. The molecule has 2 nitrogen and oxygen atoms in total. The van der Waals surface area contributed by atoms with Crippen molar-refractivity contribution in [2.75, 3.05) is 18.8 Å². The maximum Gasteiger partial charge on any atom is 0.156 e. The van der Waals surface area contributed by atoms with Gasteiger partial charge in [-0.25, -0.2) is 0 Å². The van der Waals surface area contributed by atoms with Crippen molar-refractivity contribution in [3.05, 3.63) is 0 Å². The van der Waals surface area contributed by atoms with Crippen LogP contribution in [0.3, 0.4) is 0 Å². The van der Waals surface area contributed by atoms with Gasteiger partial charge in [0.15, 0.2) is 5.17 Å². The third-order valence-corrected chi connectivity index (χ3v) is 4.44. The minimum atomic E-state index is 0.375. The lowest BCUT2D eigenvalue weighted by Crippen LogP contribution is -2.34. The highest BCUT2D eigenvalue weighted by Gasteiger charge is 2.23. The number of thioether (sulfide) groups is 1. The Morgan fingerprint density at radius 2 is 2.07 bits per heavy atom. The Morgan fingerprint density at radius 1 is 1.40 bits per heavy atom. The Balaban J connectivity index is 2.32. The van der Waals surface area contributed by atoms with Gasteiger partial charge in [0.25, 0.3) is 0 Å². The molecule has 1 unspecified atom stereocenters. The summed E-state index contributed by atoms with van der Waals surface area (Å²) in [6.07, 6.45) is 0. The van der Waals surface area contributed by atoms with Crippen LogP contribution in [-0.4, -0.2) is 24.0 Å². The molecule has 0 aliphatic carbocycles. The molecule has 0 saturated carbocycles. The van der Waals surface area contributed by atoms with Crippen LogP contribution in [-0.2, 0) is 0 Å². The molecule has 88 valence electrons. The van der Waals surface area contributed by atoms with Crippen LogP contribution in [0.4, 0.5) is 0 Å². The number of amidine groups is 1. The molecule has 0 aromatic heterocycles. The average Bonchev–Trinajstić information content (AvgIpc) is 2.15. The van der Waals surface area contributed by atoms with Crippen LogP contribution in [0.5, 0.6) is 0 Å². The minimum absolute atomic E-state index is 0.375. The van der Waals surface area contributed by atoms with Gasteiger partial charge in [-0.15, -0.1) is 0 Å². The van der Waals surface area contributed by atoms with E-state index >= 15 is 0 Å². The van der Waals surface area contributed by atoms with Crippen molar-refractivity contribution >= 4 is 16.9 Å². The number of rotatable bonds is 3. The Bertz CT molecular complexity index is 234. The molecule has 1 aliphatic heterocycles. The number of nitrogens with one attached hydrogen (secondary N) is 1. The Morgan fingerprint density at radius 3 is 2.53 bits per heavy atom. The maximum absolute atomic E-state index is 4.58. The molecular weight excluding hydrogens is 204 g/mol. The first-order valence-electron chi connectivity index (χ1n) is 5.82. The molecule has 1 rings (SSSR count). The molecule has 1 aliphatic rings. The fourth-order valence-corrected chi connectivity index (χ4v) is 2.19. The van der Waals surface area contributed by atoms with Crippen LogP contribution in [0, 0.1) is 17.3 Å². The number of hydrogen-bond acceptors (Lipinski definition) is 3. The third-order valence-electron chi connectivity index (χ3n) is 2.96. The van der Waals surface area contributed by atoms with E-state index in [-0.39, 0.29) is 0 Å². The summed E-state index contributed by atoms with van der Waals surface area (Å²) in [7, 11) is 0. The molecule has 0 saturated heterocycles. The average molecular weight is 228 g/mol. The summed E-state index contributed by atoms with van der Waals surface area (Å²) in [6, 6.07) is 0. The van der Waals surface area contributed by atoms with Crippen LogP contribution in [0.1, 0.15) is 34.6 Å². The van der Waals surface area contributed by atoms with E-state index in [9.17, 15) is 0 Å². The molecule has 1 atom stereocenters. The Labute approximate surface area is 98.3 Å². The van der Waals surface area contributed by atoms with Gasteiger partial charge in [0.2, 0.25) is 0 Å². The highest BCUT2D eigenvalue weighted by atomic mass is 32.2. The molecule has 15 heavy (non-hydrogen) atoms. The lowest BCUT2D eigenvalue weighted by molar-refractivity contribution is 0.412. The molecule has 0 fully saturated rings. The number of nitrogens with zero attached hydrogens (tertiary/aromatic N) is 1. The number of aliphatic imine (C=N–C) groups is 1. The van der Waals surface area contributed by atoms with Gasteiger partial charge in [-0.1, -0.05) is 46.4 Å². The topological polar surface area (TPSA) is 24.4 Å². The van der Waals surface area contributed by atoms with Crippen LogP contribution >= 0.6 is 11.8 Å². The van der Waals surface area contributed by atoms with Crippen molar-refractivity contribution in [3.63, 3.8) is 0 Å². The molecule has 3 heteroatoms. The lowest BCUT2D eigenvalue weighted by Gasteiger charge is -2.28. The van der Waals surface area contributed by atoms with Crippen molar-refractivity contribution in [1.82, 2.24) is 5.32 Å². The monoisotopic (exact) mass is 228 g/mol. The Kier molecular flexibility index (Phi) is 4.50. The summed E-state index contributed by atoms with van der Waals surface area (Å²) in [4.78, 5) is 4.58. The van der Waals surface area contributed by atoms with Crippen LogP contribution < -0.4 is 5.32 Å². The second kappa shape index (κ2) is 5.24. The van der Waals surface area contributed by atoms with Crippen LogP contribution in [0.15, 0.2) is 4.99 Å². The van der Waals surface area contributed by atoms with E-state index in [1.54, 1.807) is 0 Å². The molecule has 0 bridgehead atoms. The normalized spacial score (nSPS) is 22.4. The third kappa shape index (κ3) is 4.45. The second-order valence-corrected chi connectivity index (χ2v) is 6.64. The van der Waals surface area contributed by atoms with E-state index < -0.39 is 0 Å². The van der Waals surface area contributed by atoms with Crippen molar-refractivity contribution in [3.8, 4) is 0 Å². The predicted octanol–water partition coefficient (Wildman–Crippen LogP) is 3.00. The summed E-state index contributed by atoms with van der Waals surface area (Å²) in [5.41, 5.74) is 0.375. The van der Waals surface area contributed by atoms with Gasteiger partial charge in [-0.05, 0) is 17.3 Å². The zero-order valence-electron chi connectivity index (χ0n) is 10.6. The van der Waals surface area contributed by atoms with Gasteiger partial charge >= 0.3 is 0 Å². The molecule has 0 spiro atoms. The molecule has 0 amide bonds. The van der Waals surface area contributed by atoms with Crippen molar-refractivity contribution in [2.24, 2.45) is 22.2 Å². The lowest BCUT2D eigenvalue weighted by atomic mass is 9.97. The van der Waals surface area contributed by atoms with Crippen LogP contribution in [0.2, 0.25) is 0 Å².